The molecule has 0 bridgehead atoms. The van der Waals surface area contributed by atoms with E-state index < -0.39 is 5.92 Å². The van der Waals surface area contributed by atoms with Crippen molar-refractivity contribution in [1.82, 2.24) is 0 Å². The van der Waals surface area contributed by atoms with Gasteiger partial charge in [0.15, 0.2) is 0 Å². The molecule has 0 aliphatic rings. The van der Waals surface area contributed by atoms with Crippen molar-refractivity contribution in [2.45, 2.75) is 26.2 Å². The van der Waals surface area contributed by atoms with Crippen LogP contribution < -0.4 is 0 Å². The lowest BCUT2D eigenvalue weighted by molar-refractivity contribution is -0.144. The fraction of sp³-hybridized carbons (Fsp3) is 0.375. The third kappa shape index (κ3) is 4.36. The van der Waals surface area contributed by atoms with Crippen molar-refractivity contribution >= 4 is 11.8 Å². The summed E-state index contributed by atoms with van der Waals surface area (Å²) in [7, 11) is 1.37. The van der Waals surface area contributed by atoms with Crippen LogP contribution in [0.4, 0.5) is 0 Å². The van der Waals surface area contributed by atoms with Gasteiger partial charge in [-0.25, -0.2) is 0 Å². The Morgan fingerprint density at radius 1 is 1.26 bits per heavy atom. The minimum absolute atomic E-state index is 0.0623. The average molecular weight is 260 g/mol. The van der Waals surface area contributed by atoms with Crippen molar-refractivity contribution in [1.29, 1.82) is 0 Å². The van der Waals surface area contributed by atoms with Gasteiger partial charge in [-0.2, -0.15) is 0 Å². The lowest BCUT2D eigenvalue weighted by Crippen LogP contribution is -2.23. The van der Waals surface area contributed by atoms with Crippen molar-refractivity contribution < 1.29 is 14.3 Å². The van der Waals surface area contributed by atoms with Gasteiger partial charge in [-0.1, -0.05) is 42.5 Å². The van der Waals surface area contributed by atoms with Crippen LogP contribution in [0.1, 0.15) is 31.7 Å². The number of carbonyl (C=O) groups excluding carboxylic acids is 2. The summed E-state index contributed by atoms with van der Waals surface area (Å²) in [6, 6.07) is 9.61. The largest absolute Gasteiger partial charge is 0.469 e. The van der Waals surface area contributed by atoms with E-state index in [1.54, 1.807) is 13.0 Å². The van der Waals surface area contributed by atoms with E-state index in [1.165, 1.54) is 7.11 Å². The maximum absolute atomic E-state index is 11.9. The van der Waals surface area contributed by atoms with Crippen molar-refractivity contribution in [2.24, 2.45) is 5.92 Å². The number of carbonyl (C=O) groups is 2. The highest BCUT2D eigenvalue weighted by molar-refractivity contribution is 5.80. The number of rotatable bonds is 6. The second-order valence-corrected chi connectivity index (χ2v) is 4.50. The van der Waals surface area contributed by atoms with E-state index in [9.17, 15) is 9.59 Å². The minimum Gasteiger partial charge on any atom is -0.469 e. The molecule has 3 heteroatoms. The number of benzene rings is 1. The van der Waals surface area contributed by atoms with Gasteiger partial charge in [0, 0.05) is 12.3 Å². The zero-order valence-corrected chi connectivity index (χ0v) is 11.6. The second kappa shape index (κ2) is 7.52. The lowest BCUT2D eigenvalue weighted by Gasteiger charge is -2.22. The number of hydrogen-bond donors (Lipinski definition) is 0. The second-order valence-electron chi connectivity index (χ2n) is 4.50. The molecule has 0 aromatic heterocycles. The molecule has 0 N–H and O–H groups in total. The predicted molar refractivity (Wildman–Crippen MR) is 74.8 cm³/mol. The van der Waals surface area contributed by atoms with E-state index in [0.717, 1.165) is 5.56 Å². The fourth-order valence-corrected chi connectivity index (χ4v) is 2.18. The molecule has 0 fully saturated rings. The Labute approximate surface area is 114 Å². The van der Waals surface area contributed by atoms with E-state index in [2.05, 4.69) is 0 Å². The van der Waals surface area contributed by atoms with Crippen LogP contribution in [0.3, 0.4) is 0 Å². The molecular formula is C16H20O3. The van der Waals surface area contributed by atoms with Gasteiger partial charge in [0.2, 0.25) is 0 Å². The van der Waals surface area contributed by atoms with Crippen LogP contribution in [0.5, 0.6) is 0 Å². The Morgan fingerprint density at radius 3 is 2.37 bits per heavy atom. The number of methoxy groups -OCH3 is 1. The molecule has 0 saturated carbocycles. The standard InChI is InChI=1S/C16H20O3/c1-4-8-14(16(18)19-3)15(11-12(2)17)13-9-6-5-7-10-13/h4-10,14-15H,11H2,1-3H3/b8-4+/t14?,15-/m1/s1. The zero-order chi connectivity index (χ0) is 14.3. The van der Waals surface area contributed by atoms with E-state index in [0.29, 0.717) is 6.42 Å². The molecule has 0 radical (unpaired) electrons. The molecule has 0 amide bonds. The van der Waals surface area contributed by atoms with Crippen LogP contribution in [0.2, 0.25) is 0 Å². The van der Waals surface area contributed by atoms with E-state index in [4.69, 9.17) is 4.74 Å². The topological polar surface area (TPSA) is 43.4 Å². The number of Topliss-reactive ketones (excluding diaryl/α,β-unsaturated/α-hetero) is 1. The Balaban J connectivity index is 3.13. The minimum atomic E-state index is -0.429. The molecule has 19 heavy (non-hydrogen) atoms. The van der Waals surface area contributed by atoms with Crippen molar-refractivity contribution in [3.8, 4) is 0 Å². The van der Waals surface area contributed by atoms with Crippen LogP contribution in [0.15, 0.2) is 42.5 Å². The van der Waals surface area contributed by atoms with Gasteiger partial charge in [0.05, 0.1) is 13.0 Å². The summed E-state index contributed by atoms with van der Waals surface area (Å²) in [5, 5.41) is 0. The van der Waals surface area contributed by atoms with Gasteiger partial charge in [-0.15, -0.1) is 0 Å². The van der Waals surface area contributed by atoms with Crippen LogP contribution >= 0.6 is 0 Å². The van der Waals surface area contributed by atoms with Crippen molar-refractivity contribution in [3.63, 3.8) is 0 Å². The van der Waals surface area contributed by atoms with Gasteiger partial charge in [0.1, 0.15) is 5.78 Å². The Morgan fingerprint density at radius 2 is 1.89 bits per heavy atom. The molecule has 1 aromatic carbocycles. The summed E-state index contributed by atoms with van der Waals surface area (Å²) in [6.07, 6.45) is 3.94. The molecule has 0 aliphatic carbocycles. The maximum Gasteiger partial charge on any atom is 0.313 e. The summed E-state index contributed by atoms with van der Waals surface area (Å²) in [5.74, 6) is -0.857. The number of esters is 1. The normalized spacial score (nSPS) is 14.1. The summed E-state index contributed by atoms with van der Waals surface area (Å²) in [5.41, 5.74) is 0.978. The Bertz CT molecular complexity index is 448. The Kier molecular flexibility index (Phi) is 6.00. The van der Waals surface area contributed by atoms with Gasteiger partial charge < -0.3 is 9.53 Å². The number of hydrogen-bond acceptors (Lipinski definition) is 3. The third-order valence-electron chi connectivity index (χ3n) is 3.04. The van der Waals surface area contributed by atoms with E-state index in [1.807, 2.05) is 43.3 Å². The summed E-state index contributed by atoms with van der Waals surface area (Å²) >= 11 is 0. The quantitative estimate of drug-likeness (QED) is 0.583. The summed E-state index contributed by atoms with van der Waals surface area (Å²) in [6.45, 7) is 3.39. The Hall–Kier alpha value is -1.90. The molecule has 102 valence electrons. The highest BCUT2D eigenvalue weighted by Gasteiger charge is 2.29. The smallest absolute Gasteiger partial charge is 0.313 e. The van der Waals surface area contributed by atoms with Crippen molar-refractivity contribution in [2.75, 3.05) is 7.11 Å². The molecule has 1 unspecified atom stereocenters. The summed E-state index contributed by atoms with van der Waals surface area (Å²) < 4.78 is 4.85. The molecule has 2 atom stereocenters. The van der Waals surface area contributed by atoms with Gasteiger partial charge in [-0.05, 0) is 19.4 Å². The van der Waals surface area contributed by atoms with Gasteiger partial charge in [0.25, 0.3) is 0 Å². The van der Waals surface area contributed by atoms with Gasteiger partial charge in [-0.3, -0.25) is 4.79 Å². The number of allylic oxidation sites excluding steroid dienone is 1. The van der Waals surface area contributed by atoms with Crippen LogP contribution in [0, 0.1) is 5.92 Å². The van der Waals surface area contributed by atoms with E-state index >= 15 is 0 Å². The molecule has 0 spiro atoms. The lowest BCUT2D eigenvalue weighted by atomic mass is 9.82. The molecular weight excluding hydrogens is 240 g/mol. The van der Waals surface area contributed by atoms with Gasteiger partial charge >= 0.3 is 5.97 Å². The van der Waals surface area contributed by atoms with Crippen LogP contribution in [-0.4, -0.2) is 18.9 Å². The maximum atomic E-state index is 11.9. The zero-order valence-electron chi connectivity index (χ0n) is 11.6. The molecule has 3 nitrogen and oxygen atoms in total. The highest BCUT2D eigenvalue weighted by Crippen LogP contribution is 2.30. The first-order valence-corrected chi connectivity index (χ1v) is 6.35. The number of ether oxygens (including phenoxy) is 1. The first-order valence-electron chi connectivity index (χ1n) is 6.35. The molecule has 1 aromatic rings. The first-order chi connectivity index (χ1) is 9.10. The molecule has 0 heterocycles. The molecule has 0 saturated heterocycles. The first kappa shape index (κ1) is 15.2. The van der Waals surface area contributed by atoms with Crippen LogP contribution in [-0.2, 0) is 14.3 Å². The monoisotopic (exact) mass is 260 g/mol. The average Bonchev–Trinajstić information content (AvgIpc) is 2.42. The molecule has 0 aliphatic heterocycles. The third-order valence-corrected chi connectivity index (χ3v) is 3.04. The molecule has 1 rings (SSSR count). The highest BCUT2D eigenvalue weighted by atomic mass is 16.5. The number of ketones is 1. The van der Waals surface area contributed by atoms with Crippen molar-refractivity contribution in [3.05, 3.63) is 48.0 Å². The summed E-state index contributed by atoms with van der Waals surface area (Å²) in [4.78, 5) is 23.4. The van der Waals surface area contributed by atoms with E-state index in [-0.39, 0.29) is 17.7 Å². The predicted octanol–water partition coefficient (Wildman–Crippen LogP) is 3.11. The van der Waals surface area contributed by atoms with Crippen LogP contribution in [0.25, 0.3) is 0 Å². The SMILES string of the molecule is C/C=C/C(C(=O)OC)[C@H](CC(C)=O)c1ccccc1. The fourth-order valence-electron chi connectivity index (χ4n) is 2.18.